The highest BCUT2D eigenvalue weighted by Gasteiger charge is 2.21. The lowest BCUT2D eigenvalue weighted by Gasteiger charge is -2.35. The van der Waals surface area contributed by atoms with Crippen molar-refractivity contribution in [3.63, 3.8) is 0 Å². The Kier molecular flexibility index (Phi) is 11.5. The van der Waals surface area contributed by atoms with E-state index in [1.54, 1.807) is 0 Å². The molecule has 0 saturated heterocycles. The Hall–Kier alpha value is -0.0800. The summed E-state index contributed by atoms with van der Waals surface area (Å²) in [5.41, 5.74) is 0. The monoisotopic (exact) mass is 284 g/mol. The highest BCUT2D eigenvalue weighted by Crippen LogP contribution is 2.15. The Bertz CT molecular complexity index is 199. The van der Waals surface area contributed by atoms with Crippen molar-refractivity contribution in [2.45, 2.75) is 73.8 Å². The minimum Gasteiger partial charge on any atom is -0.315 e. The molecule has 0 radical (unpaired) electrons. The number of nitrogens with zero attached hydrogens (tertiary/aromatic N) is 1. The molecule has 1 N–H and O–H groups in total. The van der Waals surface area contributed by atoms with E-state index in [1.807, 2.05) is 0 Å². The second-order valence-corrected chi connectivity index (χ2v) is 7.42. The molecule has 1 unspecified atom stereocenters. The first kappa shape index (κ1) is 19.9. The van der Waals surface area contributed by atoms with Gasteiger partial charge in [-0.25, -0.2) is 0 Å². The molecule has 0 saturated carbocycles. The maximum absolute atomic E-state index is 3.63. The molecule has 2 heteroatoms. The van der Waals surface area contributed by atoms with Crippen LogP contribution in [0.1, 0.15) is 67.7 Å². The van der Waals surface area contributed by atoms with Crippen molar-refractivity contribution >= 4 is 0 Å². The highest BCUT2D eigenvalue weighted by atomic mass is 15.2. The third-order valence-electron chi connectivity index (χ3n) is 4.01. The molecule has 20 heavy (non-hydrogen) atoms. The molecule has 2 nitrogen and oxygen atoms in total. The van der Waals surface area contributed by atoms with Gasteiger partial charge < -0.3 is 5.32 Å². The zero-order valence-corrected chi connectivity index (χ0v) is 15.2. The summed E-state index contributed by atoms with van der Waals surface area (Å²) in [5.74, 6) is 2.32. The predicted octanol–water partition coefficient (Wildman–Crippen LogP) is 4.40. The van der Waals surface area contributed by atoms with Gasteiger partial charge in [0.15, 0.2) is 0 Å². The minimum absolute atomic E-state index is 0.680. The summed E-state index contributed by atoms with van der Waals surface area (Å²) >= 11 is 0. The van der Waals surface area contributed by atoms with Crippen LogP contribution < -0.4 is 5.32 Å². The number of rotatable bonds is 12. The Morgan fingerprint density at radius 1 is 0.850 bits per heavy atom. The standard InChI is InChI=1S/C18H40N2/c1-8-11-19-14-18(17(6)7)20(12-9-15(2)3)13-10-16(4)5/h15-19H,8-14H2,1-7H3. The number of nitrogens with one attached hydrogen (secondary N) is 1. The van der Waals surface area contributed by atoms with Gasteiger partial charge in [-0.05, 0) is 56.7 Å². The summed E-state index contributed by atoms with van der Waals surface area (Å²) in [4.78, 5) is 2.74. The first-order valence-electron chi connectivity index (χ1n) is 8.83. The topological polar surface area (TPSA) is 15.3 Å². The van der Waals surface area contributed by atoms with Crippen LogP contribution in [-0.2, 0) is 0 Å². The Balaban J connectivity index is 4.52. The van der Waals surface area contributed by atoms with Gasteiger partial charge in [0.25, 0.3) is 0 Å². The van der Waals surface area contributed by atoms with Gasteiger partial charge in [0.05, 0.1) is 0 Å². The van der Waals surface area contributed by atoms with Crippen LogP contribution >= 0.6 is 0 Å². The molecule has 122 valence electrons. The van der Waals surface area contributed by atoms with E-state index in [9.17, 15) is 0 Å². The molecule has 0 spiro atoms. The number of hydrogen-bond donors (Lipinski definition) is 1. The second kappa shape index (κ2) is 11.6. The normalized spacial score (nSPS) is 13.9. The van der Waals surface area contributed by atoms with Gasteiger partial charge in [0.1, 0.15) is 0 Å². The van der Waals surface area contributed by atoms with Crippen LogP contribution in [0.15, 0.2) is 0 Å². The molecule has 0 aromatic carbocycles. The van der Waals surface area contributed by atoms with Crippen LogP contribution in [-0.4, -0.2) is 37.1 Å². The third-order valence-corrected chi connectivity index (χ3v) is 4.01. The second-order valence-electron chi connectivity index (χ2n) is 7.42. The van der Waals surface area contributed by atoms with E-state index in [4.69, 9.17) is 0 Å². The molecule has 0 rings (SSSR count). The zero-order chi connectivity index (χ0) is 15.5. The van der Waals surface area contributed by atoms with Gasteiger partial charge in [-0.2, -0.15) is 0 Å². The highest BCUT2D eigenvalue weighted by molar-refractivity contribution is 4.78. The lowest BCUT2D eigenvalue weighted by atomic mass is 9.99. The van der Waals surface area contributed by atoms with Gasteiger partial charge >= 0.3 is 0 Å². The summed E-state index contributed by atoms with van der Waals surface area (Å²) in [7, 11) is 0. The molecular weight excluding hydrogens is 244 g/mol. The van der Waals surface area contributed by atoms with E-state index >= 15 is 0 Å². The van der Waals surface area contributed by atoms with Gasteiger partial charge in [-0.1, -0.05) is 48.5 Å². The molecule has 0 fully saturated rings. The van der Waals surface area contributed by atoms with Crippen molar-refractivity contribution < 1.29 is 0 Å². The fourth-order valence-corrected chi connectivity index (χ4v) is 2.50. The van der Waals surface area contributed by atoms with Crippen molar-refractivity contribution in [3.05, 3.63) is 0 Å². The minimum atomic E-state index is 0.680. The quantitative estimate of drug-likeness (QED) is 0.534. The first-order chi connectivity index (χ1) is 9.38. The van der Waals surface area contributed by atoms with Gasteiger partial charge in [0, 0.05) is 12.6 Å². The van der Waals surface area contributed by atoms with Crippen LogP contribution in [0.2, 0.25) is 0 Å². The average molecular weight is 285 g/mol. The summed E-state index contributed by atoms with van der Waals surface area (Å²) in [5, 5.41) is 3.63. The van der Waals surface area contributed by atoms with E-state index in [0.29, 0.717) is 6.04 Å². The maximum Gasteiger partial charge on any atom is 0.0243 e. The van der Waals surface area contributed by atoms with E-state index < -0.39 is 0 Å². The zero-order valence-electron chi connectivity index (χ0n) is 15.2. The Morgan fingerprint density at radius 3 is 1.70 bits per heavy atom. The smallest absolute Gasteiger partial charge is 0.0243 e. The lowest BCUT2D eigenvalue weighted by molar-refractivity contribution is 0.137. The Morgan fingerprint density at radius 2 is 1.35 bits per heavy atom. The molecule has 0 heterocycles. The van der Waals surface area contributed by atoms with E-state index in [-0.39, 0.29) is 0 Å². The summed E-state index contributed by atoms with van der Waals surface area (Å²) < 4.78 is 0. The maximum atomic E-state index is 3.63. The fourth-order valence-electron chi connectivity index (χ4n) is 2.50. The third kappa shape index (κ3) is 9.77. The van der Waals surface area contributed by atoms with Crippen molar-refractivity contribution in [2.24, 2.45) is 17.8 Å². The molecule has 0 aromatic heterocycles. The number of hydrogen-bond acceptors (Lipinski definition) is 2. The lowest BCUT2D eigenvalue weighted by Crippen LogP contribution is -2.47. The van der Waals surface area contributed by atoms with Crippen molar-refractivity contribution in [2.75, 3.05) is 26.2 Å². The van der Waals surface area contributed by atoms with E-state index in [1.165, 1.54) is 32.4 Å². The summed E-state index contributed by atoms with van der Waals surface area (Å²) in [6, 6.07) is 0.680. The van der Waals surface area contributed by atoms with Gasteiger partial charge in [0.2, 0.25) is 0 Å². The van der Waals surface area contributed by atoms with Crippen LogP contribution in [0.3, 0.4) is 0 Å². The van der Waals surface area contributed by atoms with Crippen LogP contribution in [0.25, 0.3) is 0 Å². The van der Waals surface area contributed by atoms with E-state index in [2.05, 4.69) is 58.7 Å². The van der Waals surface area contributed by atoms with Crippen molar-refractivity contribution in [1.29, 1.82) is 0 Å². The van der Waals surface area contributed by atoms with Crippen LogP contribution in [0.4, 0.5) is 0 Å². The SMILES string of the molecule is CCCNCC(C(C)C)N(CCC(C)C)CCC(C)C. The van der Waals surface area contributed by atoms with E-state index in [0.717, 1.165) is 30.8 Å². The molecule has 0 bridgehead atoms. The van der Waals surface area contributed by atoms with Gasteiger partial charge in [-0.3, -0.25) is 4.90 Å². The summed E-state index contributed by atoms with van der Waals surface area (Å²) in [6.45, 7) is 21.1. The Labute approximate surface area is 128 Å². The molecule has 0 aromatic rings. The average Bonchev–Trinajstić information content (AvgIpc) is 2.35. The summed E-state index contributed by atoms with van der Waals surface area (Å²) in [6.07, 6.45) is 3.85. The fraction of sp³-hybridized carbons (Fsp3) is 1.00. The van der Waals surface area contributed by atoms with Crippen molar-refractivity contribution in [3.8, 4) is 0 Å². The predicted molar refractivity (Wildman–Crippen MR) is 92.3 cm³/mol. The van der Waals surface area contributed by atoms with Crippen molar-refractivity contribution in [1.82, 2.24) is 10.2 Å². The largest absolute Gasteiger partial charge is 0.315 e. The molecule has 0 aliphatic rings. The molecular formula is C18H40N2. The molecule has 0 aliphatic heterocycles. The van der Waals surface area contributed by atoms with Crippen LogP contribution in [0.5, 0.6) is 0 Å². The molecule has 0 aliphatic carbocycles. The molecule has 1 atom stereocenters. The first-order valence-corrected chi connectivity index (χ1v) is 8.83. The van der Waals surface area contributed by atoms with Crippen LogP contribution in [0, 0.1) is 17.8 Å². The molecule has 0 amide bonds. The van der Waals surface area contributed by atoms with Gasteiger partial charge in [-0.15, -0.1) is 0 Å².